The van der Waals surface area contributed by atoms with E-state index in [0.717, 1.165) is 33.7 Å². The van der Waals surface area contributed by atoms with Crippen LogP contribution in [0.4, 0.5) is 5.69 Å². The quantitative estimate of drug-likeness (QED) is 0.402. The third kappa shape index (κ3) is 5.60. The lowest BCUT2D eigenvalue weighted by Gasteiger charge is -2.11. The summed E-state index contributed by atoms with van der Waals surface area (Å²) in [5, 5.41) is 11.1. The number of ether oxygens (including phenoxy) is 1. The predicted octanol–water partition coefficient (Wildman–Crippen LogP) is 5.50. The smallest absolute Gasteiger partial charge is 0.247 e. The van der Waals surface area contributed by atoms with Gasteiger partial charge in [0.25, 0.3) is 0 Å². The first kappa shape index (κ1) is 21.3. The molecule has 0 aliphatic rings. The highest BCUT2D eigenvalue weighted by atomic mass is 16.5. The van der Waals surface area contributed by atoms with Crippen molar-refractivity contribution in [3.63, 3.8) is 0 Å². The van der Waals surface area contributed by atoms with Crippen molar-refractivity contribution < 1.29 is 13.9 Å². The summed E-state index contributed by atoms with van der Waals surface area (Å²) in [5.41, 5.74) is 4.82. The van der Waals surface area contributed by atoms with Gasteiger partial charge in [-0.1, -0.05) is 48.0 Å². The van der Waals surface area contributed by atoms with E-state index in [-0.39, 0.29) is 12.3 Å². The number of nitrogens with one attached hydrogen (secondary N) is 1. The van der Waals surface area contributed by atoms with E-state index in [4.69, 9.17) is 9.15 Å². The Morgan fingerprint density at radius 3 is 2.50 bits per heavy atom. The molecule has 0 atom stereocenters. The van der Waals surface area contributed by atoms with Gasteiger partial charge in [-0.25, -0.2) is 0 Å². The number of benzene rings is 3. The van der Waals surface area contributed by atoms with E-state index < -0.39 is 0 Å². The first-order chi connectivity index (χ1) is 15.6. The Labute approximate surface area is 187 Å². The normalized spacial score (nSPS) is 10.7. The minimum absolute atomic E-state index is 0.110. The van der Waals surface area contributed by atoms with Crippen molar-refractivity contribution in [1.82, 2.24) is 10.2 Å². The van der Waals surface area contributed by atoms with Crippen molar-refractivity contribution in [1.29, 1.82) is 0 Å². The standard InChI is InChI=1S/C26H25N3O3/c1-18-8-10-21(11-9-18)26-29-28-25(32-26)15-14-24(30)27-23-13-12-22(16-19(23)2)31-17-20-6-4-3-5-7-20/h3-13,16H,14-15,17H2,1-2H3,(H,27,30). The zero-order chi connectivity index (χ0) is 22.3. The molecule has 6 nitrogen and oxygen atoms in total. The lowest BCUT2D eigenvalue weighted by molar-refractivity contribution is -0.116. The lowest BCUT2D eigenvalue weighted by atomic mass is 10.1. The van der Waals surface area contributed by atoms with E-state index in [0.29, 0.717) is 24.8 Å². The van der Waals surface area contributed by atoms with Crippen LogP contribution in [0.5, 0.6) is 5.75 Å². The fourth-order valence-electron chi connectivity index (χ4n) is 3.21. The van der Waals surface area contributed by atoms with E-state index in [2.05, 4.69) is 15.5 Å². The molecule has 0 saturated carbocycles. The Morgan fingerprint density at radius 1 is 0.969 bits per heavy atom. The zero-order valence-corrected chi connectivity index (χ0v) is 18.2. The number of nitrogens with zero attached hydrogens (tertiary/aromatic N) is 2. The molecule has 0 bridgehead atoms. The number of aromatic nitrogens is 2. The van der Waals surface area contributed by atoms with Crippen LogP contribution in [-0.2, 0) is 17.8 Å². The summed E-state index contributed by atoms with van der Waals surface area (Å²) in [5.74, 6) is 1.56. The fraction of sp³-hybridized carbons (Fsp3) is 0.192. The molecular formula is C26H25N3O3. The molecule has 0 unspecified atom stereocenters. The van der Waals surface area contributed by atoms with Gasteiger partial charge in [0.15, 0.2) is 0 Å². The van der Waals surface area contributed by atoms with Gasteiger partial charge >= 0.3 is 0 Å². The van der Waals surface area contributed by atoms with Crippen LogP contribution in [0, 0.1) is 13.8 Å². The van der Waals surface area contributed by atoms with Gasteiger partial charge in [0, 0.05) is 24.1 Å². The molecule has 1 N–H and O–H groups in total. The maximum absolute atomic E-state index is 12.4. The second-order valence-electron chi connectivity index (χ2n) is 7.67. The van der Waals surface area contributed by atoms with E-state index >= 15 is 0 Å². The van der Waals surface area contributed by atoms with Crippen molar-refractivity contribution in [3.05, 3.63) is 95.4 Å². The molecule has 162 valence electrons. The number of rotatable bonds is 8. The van der Waals surface area contributed by atoms with E-state index in [1.54, 1.807) is 0 Å². The minimum atomic E-state index is -0.110. The zero-order valence-electron chi connectivity index (χ0n) is 18.2. The molecule has 0 aliphatic carbocycles. The minimum Gasteiger partial charge on any atom is -0.489 e. The summed E-state index contributed by atoms with van der Waals surface area (Å²) < 4.78 is 11.5. The number of hydrogen-bond donors (Lipinski definition) is 1. The maximum Gasteiger partial charge on any atom is 0.247 e. The third-order valence-electron chi connectivity index (χ3n) is 5.05. The van der Waals surface area contributed by atoms with Gasteiger partial charge in [0.2, 0.25) is 17.7 Å². The summed E-state index contributed by atoms with van der Waals surface area (Å²) in [7, 11) is 0. The molecule has 6 heteroatoms. The largest absolute Gasteiger partial charge is 0.489 e. The van der Waals surface area contributed by atoms with Gasteiger partial charge in [0.05, 0.1) is 0 Å². The van der Waals surface area contributed by atoms with Gasteiger partial charge in [0.1, 0.15) is 12.4 Å². The highest BCUT2D eigenvalue weighted by molar-refractivity contribution is 5.91. The molecule has 0 aliphatic heterocycles. The molecule has 32 heavy (non-hydrogen) atoms. The Kier molecular flexibility index (Phi) is 6.60. The van der Waals surface area contributed by atoms with Gasteiger partial charge in [-0.05, 0) is 55.3 Å². The molecule has 1 heterocycles. The maximum atomic E-state index is 12.4. The monoisotopic (exact) mass is 427 g/mol. The van der Waals surface area contributed by atoms with E-state index in [1.807, 2.05) is 86.6 Å². The van der Waals surface area contributed by atoms with Crippen LogP contribution in [0.15, 0.2) is 77.2 Å². The van der Waals surface area contributed by atoms with Gasteiger partial charge in [-0.2, -0.15) is 0 Å². The summed E-state index contributed by atoms with van der Waals surface area (Å²) in [6.07, 6.45) is 0.628. The number of hydrogen-bond acceptors (Lipinski definition) is 5. The summed E-state index contributed by atoms with van der Waals surface area (Å²) in [6, 6.07) is 23.5. The van der Waals surface area contributed by atoms with Crippen molar-refractivity contribution >= 4 is 11.6 Å². The molecule has 1 amide bonds. The summed E-state index contributed by atoms with van der Waals surface area (Å²) >= 11 is 0. The predicted molar refractivity (Wildman–Crippen MR) is 123 cm³/mol. The summed E-state index contributed by atoms with van der Waals surface area (Å²) in [6.45, 7) is 4.46. The van der Waals surface area contributed by atoms with Crippen LogP contribution in [0.1, 0.15) is 29.0 Å². The Bertz CT molecular complexity index is 1180. The Hall–Kier alpha value is -3.93. The number of carbonyl (C=O) groups is 1. The van der Waals surface area contributed by atoms with Gasteiger partial charge < -0.3 is 14.5 Å². The topological polar surface area (TPSA) is 77.2 Å². The number of carbonyl (C=O) groups excluding carboxylic acids is 1. The molecule has 1 aromatic heterocycles. The van der Waals surface area contributed by atoms with Crippen LogP contribution in [0.25, 0.3) is 11.5 Å². The van der Waals surface area contributed by atoms with Crippen molar-refractivity contribution in [2.24, 2.45) is 0 Å². The van der Waals surface area contributed by atoms with Gasteiger partial charge in [-0.15, -0.1) is 10.2 Å². The van der Waals surface area contributed by atoms with Crippen LogP contribution in [0.3, 0.4) is 0 Å². The SMILES string of the molecule is Cc1ccc(-c2nnc(CCC(=O)Nc3ccc(OCc4ccccc4)cc3C)o2)cc1. The van der Waals surface area contributed by atoms with Crippen molar-refractivity contribution in [2.45, 2.75) is 33.3 Å². The van der Waals surface area contributed by atoms with Crippen LogP contribution < -0.4 is 10.1 Å². The second-order valence-corrected chi connectivity index (χ2v) is 7.67. The fourth-order valence-corrected chi connectivity index (χ4v) is 3.21. The number of anilines is 1. The third-order valence-corrected chi connectivity index (χ3v) is 5.05. The van der Waals surface area contributed by atoms with Crippen LogP contribution in [0.2, 0.25) is 0 Å². The summed E-state index contributed by atoms with van der Waals surface area (Å²) in [4.78, 5) is 12.4. The first-order valence-corrected chi connectivity index (χ1v) is 10.5. The van der Waals surface area contributed by atoms with Gasteiger partial charge in [-0.3, -0.25) is 4.79 Å². The lowest BCUT2D eigenvalue weighted by Crippen LogP contribution is -2.13. The number of aryl methyl sites for hydroxylation is 3. The average molecular weight is 428 g/mol. The van der Waals surface area contributed by atoms with Crippen molar-refractivity contribution in [2.75, 3.05) is 5.32 Å². The van der Waals surface area contributed by atoms with E-state index in [9.17, 15) is 4.79 Å². The molecule has 0 saturated heterocycles. The molecule has 3 aromatic carbocycles. The highest BCUT2D eigenvalue weighted by Gasteiger charge is 2.12. The average Bonchev–Trinajstić information content (AvgIpc) is 3.28. The first-order valence-electron chi connectivity index (χ1n) is 10.5. The van der Waals surface area contributed by atoms with Crippen LogP contribution in [-0.4, -0.2) is 16.1 Å². The number of amides is 1. The van der Waals surface area contributed by atoms with Crippen molar-refractivity contribution in [3.8, 4) is 17.2 Å². The molecule has 0 radical (unpaired) electrons. The molecule has 4 aromatic rings. The molecule has 0 fully saturated rings. The molecule has 0 spiro atoms. The molecular weight excluding hydrogens is 402 g/mol. The highest BCUT2D eigenvalue weighted by Crippen LogP contribution is 2.23. The Balaban J connectivity index is 1.29. The van der Waals surface area contributed by atoms with E-state index in [1.165, 1.54) is 0 Å². The Morgan fingerprint density at radius 2 is 1.75 bits per heavy atom. The van der Waals surface area contributed by atoms with Crippen LogP contribution >= 0.6 is 0 Å². The second kappa shape index (κ2) is 9.92. The molecule has 4 rings (SSSR count).